The maximum Gasteiger partial charge on any atom is 0.471 e. The molecular formula is C6H4F3N3O. The van der Waals surface area contributed by atoms with Crippen LogP contribution in [0.4, 0.5) is 18.9 Å². The van der Waals surface area contributed by atoms with Crippen molar-refractivity contribution in [1.29, 1.82) is 0 Å². The second-order valence-corrected chi connectivity index (χ2v) is 2.08. The predicted octanol–water partition coefficient (Wildman–Crippen LogP) is 0.977. The molecule has 13 heavy (non-hydrogen) atoms. The van der Waals surface area contributed by atoms with Gasteiger partial charge in [0.05, 0.1) is 18.1 Å². The molecule has 0 spiro atoms. The summed E-state index contributed by atoms with van der Waals surface area (Å²) in [5.41, 5.74) is -0.0928. The number of nitrogens with zero attached hydrogens (tertiary/aromatic N) is 2. The highest BCUT2D eigenvalue weighted by Gasteiger charge is 2.38. The molecule has 0 aliphatic carbocycles. The average molecular weight is 191 g/mol. The quantitative estimate of drug-likeness (QED) is 0.719. The van der Waals surface area contributed by atoms with E-state index in [1.165, 1.54) is 0 Å². The van der Waals surface area contributed by atoms with Gasteiger partial charge in [0, 0.05) is 0 Å². The van der Waals surface area contributed by atoms with Gasteiger partial charge < -0.3 is 5.32 Å². The van der Waals surface area contributed by atoms with Gasteiger partial charge in [-0.2, -0.15) is 13.2 Å². The fourth-order valence-corrected chi connectivity index (χ4v) is 0.566. The molecule has 0 aromatic carbocycles. The van der Waals surface area contributed by atoms with Crippen molar-refractivity contribution in [1.82, 2.24) is 9.97 Å². The number of aromatic nitrogens is 2. The summed E-state index contributed by atoms with van der Waals surface area (Å²) in [6.45, 7) is 0. The van der Waals surface area contributed by atoms with E-state index < -0.39 is 12.1 Å². The van der Waals surface area contributed by atoms with Crippen LogP contribution >= 0.6 is 0 Å². The van der Waals surface area contributed by atoms with E-state index in [0.29, 0.717) is 0 Å². The molecule has 0 saturated carbocycles. The molecule has 7 heteroatoms. The highest BCUT2D eigenvalue weighted by atomic mass is 19.4. The van der Waals surface area contributed by atoms with E-state index in [9.17, 15) is 18.0 Å². The Hall–Kier alpha value is -1.66. The van der Waals surface area contributed by atoms with E-state index in [4.69, 9.17) is 0 Å². The van der Waals surface area contributed by atoms with Gasteiger partial charge in [0.1, 0.15) is 6.33 Å². The molecule has 1 heterocycles. The van der Waals surface area contributed by atoms with Crippen LogP contribution in [-0.4, -0.2) is 22.1 Å². The van der Waals surface area contributed by atoms with E-state index in [2.05, 4.69) is 9.97 Å². The summed E-state index contributed by atoms with van der Waals surface area (Å²) in [5.74, 6) is -2.04. The Labute approximate surface area is 70.8 Å². The minimum Gasteiger partial charge on any atom is -0.316 e. The van der Waals surface area contributed by atoms with Gasteiger partial charge >= 0.3 is 12.1 Å². The Morgan fingerprint density at radius 2 is 1.85 bits per heavy atom. The van der Waals surface area contributed by atoms with Crippen molar-refractivity contribution < 1.29 is 18.0 Å². The van der Waals surface area contributed by atoms with Crippen LogP contribution in [0.1, 0.15) is 0 Å². The summed E-state index contributed by atoms with van der Waals surface area (Å²) in [4.78, 5) is 17.2. The molecule has 1 amide bonds. The molecule has 0 radical (unpaired) electrons. The molecule has 4 nitrogen and oxygen atoms in total. The fourth-order valence-electron chi connectivity index (χ4n) is 0.566. The van der Waals surface area contributed by atoms with Crippen molar-refractivity contribution in [3.05, 3.63) is 18.7 Å². The molecule has 0 unspecified atom stereocenters. The van der Waals surface area contributed by atoms with Gasteiger partial charge in [0.15, 0.2) is 0 Å². The normalized spacial score (nSPS) is 11.0. The summed E-state index contributed by atoms with van der Waals surface area (Å²) in [5, 5.41) is 1.59. The number of nitrogens with one attached hydrogen (secondary N) is 1. The third-order valence-electron chi connectivity index (χ3n) is 1.08. The first-order valence-electron chi connectivity index (χ1n) is 3.13. The first-order valence-corrected chi connectivity index (χ1v) is 3.13. The Bertz CT molecular complexity index is 298. The largest absolute Gasteiger partial charge is 0.471 e. The molecule has 0 aliphatic heterocycles. The molecule has 0 saturated heterocycles. The zero-order chi connectivity index (χ0) is 9.90. The SMILES string of the molecule is O=C(Nc1cncnc1)C(F)(F)F. The summed E-state index contributed by atoms with van der Waals surface area (Å²) in [6, 6.07) is 0. The average Bonchev–Trinajstić information content (AvgIpc) is 2.04. The number of anilines is 1. The molecule has 0 atom stereocenters. The third-order valence-corrected chi connectivity index (χ3v) is 1.08. The standard InChI is InChI=1S/C6H4F3N3O/c7-6(8,9)5(13)12-4-1-10-3-11-2-4/h1-3H,(H,12,13). The van der Waals surface area contributed by atoms with Crippen LogP contribution in [0.25, 0.3) is 0 Å². The summed E-state index contributed by atoms with van der Waals surface area (Å²) >= 11 is 0. The van der Waals surface area contributed by atoms with E-state index in [-0.39, 0.29) is 5.69 Å². The van der Waals surface area contributed by atoms with Crippen molar-refractivity contribution in [2.24, 2.45) is 0 Å². The minimum absolute atomic E-state index is 0.0928. The van der Waals surface area contributed by atoms with Crippen LogP contribution in [0.3, 0.4) is 0 Å². The Balaban J connectivity index is 2.66. The lowest BCUT2D eigenvalue weighted by Gasteiger charge is -2.05. The Morgan fingerprint density at radius 1 is 1.31 bits per heavy atom. The van der Waals surface area contributed by atoms with Crippen molar-refractivity contribution in [2.45, 2.75) is 6.18 Å². The van der Waals surface area contributed by atoms with E-state index >= 15 is 0 Å². The van der Waals surface area contributed by atoms with E-state index in [0.717, 1.165) is 18.7 Å². The van der Waals surface area contributed by atoms with Gasteiger partial charge in [-0.1, -0.05) is 0 Å². The highest BCUT2D eigenvalue weighted by molar-refractivity contribution is 5.94. The van der Waals surface area contributed by atoms with Crippen molar-refractivity contribution in [3.8, 4) is 0 Å². The summed E-state index contributed by atoms with van der Waals surface area (Å²) in [6.07, 6.45) is -1.62. The predicted molar refractivity (Wildman–Crippen MR) is 36.7 cm³/mol. The smallest absolute Gasteiger partial charge is 0.316 e. The minimum atomic E-state index is -4.89. The van der Waals surface area contributed by atoms with Crippen molar-refractivity contribution in [3.63, 3.8) is 0 Å². The van der Waals surface area contributed by atoms with Gasteiger partial charge in [-0.25, -0.2) is 9.97 Å². The van der Waals surface area contributed by atoms with Crippen LogP contribution in [0, 0.1) is 0 Å². The van der Waals surface area contributed by atoms with Crippen LogP contribution in [0.5, 0.6) is 0 Å². The second kappa shape index (κ2) is 3.38. The number of alkyl halides is 3. The van der Waals surface area contributed by atoms with Crippen molar-refractivity contribution in [2.75, 3.05) is 5.32 Å². The molecule has 1 N–H and O–H groups in total. The number of halogens is 3. The molecule has 70 valence electrons. The van der Waals surface area contributed by atoms with E-state index in [1.807, 2.05) is 0 Å². The third kappa shape index (κ3) is 2.69. The first-order chi connectivity index (χ1) is 6.00. The molecule has 1 rings (SSSR count). The Kier molecular flexibility index (Phi) is 2.45. The first kappa shape index (κ1) is 9.43. The molecule has 1 aromatic rings. The highest BCUT2D eigenvalue weighted by Crippen LogP contribution is 2.16. The lowest BCUT2D eigenvalue weighted by molar-refractivity contribution is -0.167. The molecule has 1 aromatic heterocycles. The van der Waals surface area contributed by atoms with Gasteiger partial charge in [-0.05, 0) is 0 Å². The zero-order valence-corrected chi connectivity index (χ0v) is 6.17. The fraction of sp³-hybridized carbons (Fsp3) is 0.167. The van der Waals surface area contributed by atoms with Crippen molar-refractivity contribution >= 4 is 11.6 Å². The number of hydrogen-bond donors (Lipinski definition) is 1. The van der Waals surface area contributed by atoms with Crippen LogP contribution in [-0.2, 0) is 4.79 Å². The van der Waals surface area contributed by atoms with Gasteiger partial charge in [-0.3, -0.25) is 4.79 Å². The van der Waals surface area contributed by atoms with Gasteiger partial charge in [-0.15, -0.1) is 0 Å². The topological polar surface area (TPSA) is 54.9 Å². The number of rotatable bonds is 1. The molecule has 0 fully saturated rings. The van der Waals surface area contributed by atoms with Crippen LogP contribution in [0.2, 0.25) is 0 Å². The summed E-state index contributed by atoms with van der Waals surface area (Å²) in [7, 11) is 0. The van der Waals surface area contributed by atoms with E-state index in [1.54, 1.807) is 5.32 Å². The number of hydrogen-bond acceptors (Lipinski definition) is 3. The lowest BCUT2D eigenvalue weighted by atomic mass is 10.5. The van der Waals surface area contributed by atoms with Gasteiger partial charge in [0.25, 0.3) is 0 Å². The summed E-state index contributed by atoms with van der Waals surface area (Å²) < 4.78 is 35.0. The van der Waals surface area contributed by atoms with Crippen LogP contribution in [0.15, 0.2) is 18.7 Å². The van der Waals surface area contributed by atoms with Gasteiger partial charge in [0.2, 0.25) is 0 Å². The Morgan fingerprint density at radius 3 is 2.31 bits per heavy atom. The number of carbonyl (C=O) groups excluding carboxylic acids is 1. The monoisotopic (exact) mass is 191 g/mol. The zero-order valence-electron chi connectivity index (χ0n) is 6.17. The molecular weight excluding hydrogens is 187 g/mol. The molecule has 0 aliphatic rings. The maximum atomic E-state index is 11.7. The molecule has 0 bridgehead atoms. The van der Waals surface area contributed by atoms with Crippen LogP contribution < -0.4 is 5.32 Å². The lowest BCUT2D eigenvalue weighted by Crippen LogP contribution is -2.29. The second-order valence-electron chi connectivity index (χ2n) is 2.08. The number of carbonyl (C=O) groups is 1. The number of amides is 1. The maximum absolute atomic E-state index is 11.7.